The summed E-state index contributed by atoms with van der Waals surface area (Å²) in [6.07, 6.45) is 0.771. The topological polar surface area (TPSA) is 104 Å². The van der Waals surface area contributed by atoms with Crippen molar-refractivity contribution in [2.24, 2.45) is 0 Å². The van der Waals surface area contributed by atoms with E-state index in [1.165, 1.54) is 6.20 Å². The Kier molecular flexibility index (Phi) is 8.47. The monoisotopic (exact) mass is 376 g/mol. The van der Waals surface area contributed by atoms with Crippen LogP contribution in [-0.2, 0) is 13.2 Å². The largest absolute Gasteiger partial charge is 0.492 e. The van der Waals surface area contributed by atoms with Crippen LogP contribution in [0, 0.1) is 6.92 Å². The lowest BCUT2D eigenvalue weighted by Gasteiger charge is -2.20. The van der Waals surface area contributed by atoms with Gasteiger partial charge in [0.2, 0.25) is 0 Å². The Labute approximate surface area is 159 Å². The SMILES string of the molecule is Cc1ncc(CO)c(CO)c1OCC(O)CNC(C)COc1ccccc1. The number of ether oxygens (including phenoxy) is 2. The van der Waals surface area contributed by atoms with Crippen LogP contribution in [0.5, 0.6) is 11.5 Å². The number of aryl methyl sites for hydroxylation is 1. The van der Waals surface area contributed by atoms with Crippen molar-refractivity contribution >= 4 is 0 Å². The molecule has 0 spiro atoms. The molecule has 0 bridgehead atoms. The average molecular weight is 376 g/mol. The number of hydrogen-bond acceptors (Lipinski definition) is 7. The lowest BCUT2D eigenvalue weighted by atomic mass is 10.1. The molecule has 0 aliphatic rings. The summed E-state index contributed by atoms with van der Waals surface area (Å²) in [6.45, 7) is 4.08. The van der Waals surface area contributed by atoms with Crippen LogP contribution in [0.2, 0.25) is 0 Å². The third-order valence-corrected chi connectivity index (χ3v) is 4.10. The Morgan fingerprint density at radius 3 is 2.48 bits per heavy atom. The minimum absolute atomic E-state index is 0.0453. The molecule has 1 heterocycles. The maximum absolute atomic E-state index is 10.2. The predicted molar refractivity (Wildman–Crippen MR) is 102 cm³/mol. The summed E-state index contributed by atoms with van der Waals surface area (Å²) in [5.74, 6) is 1.21. The first-order chi connectivity index (χ1) is 13.0. The van der Waals surface area contributed by atoms with Crippen LogP contribution >= 0.6 is 0 Å². The fourth-order valence-corrected chi connectivity index (χ4v) is 2.55. The van der Waals surface area contributed by atoms with Crippen molar-refractivity contribution in [3.63, 3.8) is 0 Å². The highest BCUT2D eigenvalue weighted by Crippen LogP contribution is 2.25. The highest BCUT2D eigenvalue weighted by Gasteiger charge is 2.15. The molecular formula is C20H28N2O5. The van der Waals surface area contributed by atoms with E-state index in [2.05, 4.69) is 10.3 Å². The Balaban J connectivity index is 1.78. The van der Waals surface area contributed by atoms with Gasteiger partial charge < -0.3 is 30.1 Å². The summed E-state index contributed by atoms with van der Waals surface area (Å²) < 4.78 is 11.3. The zero-order chi connectivity index (χ0) is 19.6. The zero-order valence-corrected chi connectivity index (χ0v) is 15.8. The lowest BCUT2D eigenvalue weighted by molar-refractivity contribution is 0.0992. The van der Waals surface area contributed by atoms with Crippen molar-refractivity contribution in [2.75, 3.05) is 19.8 Å². The molecule has 2 rings (SSSR count). The van der Waals surface area contributed by atoms with Crippen molar-refractivity contribution < 1.29 is 24.8 Å². The van der Waals surface area contributed by atoms with Gasteiger partial charge in [0.05, 0.1) is 18.9 Å². The van der Waals surface area contributed by atoms with Gasteiger partial charge in [-0.15, -0.1) is 0 Å². The normalized spacial score (nSPS) is 13.2. The van der Waals surface area contributed by atoms with E-state index in [9.17, 15) is 15.3 Å². The van der Waals surface area contributed by atoms with Gasteiger partial charge in [-0.3, -0.25) is 4.98 Å². The van der Waals surface area contributed by atoms with Crippen LogP contribution in [0.25, 0.3) is 0 Å². The highest BCUT2D eigenvalue weighted by molar-refractivity contribution is 5.41. The number of pyridine rings is 1. The van der Waals surface area contributed by atoms with Gasteiger partial charge in [0, 0.05) is 29.9 Å². The van der Waals surface area contributed by atoms with Crippen molar-refractivity contribution in [1.82, 2.24) is 10.3 Å². The first-order valence-electron chi connectivity index (χ1n) is 8.96. The van der Waals surface area contributed by atoms with E-state index in [0.717, 1.165) is 5.75 Å². The molecule has 0 aliphatic carbocycles. The molecule has 7 nitrogen and oxygen atoms in total. The number of hydrogen-bond donors (Lipinski definition) is 4. The minimum atomic E-state index is -0.743. The summed E-state index contributed by atoms with van der Waals surface area (Å²) in [6, 6.07) is 9.60. The first kappa shape index (κ1) is 21.1. The van der Waals surface area contributed by atoms with Crippen molar-refractivity contribution in [3.05, 3.63) is 53.3 Å². The third kappa shape index (κ3) is 6.48. The molecule has 2 unspecified atom stereocenters. The van der Waals surface area contributed by atoms with Gasteiger partial charge in [0.25, 0.3) is 0 Å². The number of benzene rings is 1. The molecular weight excluding hydrogens is 348 g/mol. The van der Waals surface area contributed by atoms with Gasteiger partial charge >= 0.3 is 0 Å². The molecule has 2 atom stereocenters. The molecule has 0 amide bonds. The second kappa shape index (κ2) is 10.8. The third-order valence-electron chi connectivity index (χ3n) is 4.10. The number of aliphatic hydroxyl groups is 3. The Morgan fingerprint density at radius 2 is 1.81 bits per heavy atom. The second-order valence-electron chi connectivity index (χ2n) is 6.39. The van der Waals surface area contributed by atoms with Gasteiger partial charge in [-0.1, -0.05) is 18.2 Å². The molecule has 1 aromatic carbocycles. The summed E-state index contributed by atoms with van der Waals surface area (Å²) in [5, 5.41) is 32.2. The maximum atomic E-state index is 10.2. The van der Waals surface area contributed by atoms with E-state index in [1.54, 1.807) is 6.92 Å². The summed E-state index contributed by atoms with van der Waals surface area (Å²) in [5.41, 5.74) is 1.60. The van der Waals surface area contributed by atoms with Crippen molar-refractivity contribution in [1.29, 1.82) is 0 Å². The van der Waals surface area contributed by atoms with Gasteiger partial charge in [0.15, 0.2) is 0 Å². The van der Waals surface area contributed by atoms with E-state index >= 15 is 0 Å². The molecule has 0 radical (unpaired) electrons. The van der Waals surface area contributed by atoms with Crippen LogP contribution in [0.3, 0.4) is 0 Å². The lowest BCUT2D eigenvalue weighted by Crippen LogP contribution is -2.39. The van der Waals surface area contributed by atoms with Gasteiger partial charge in [-0.05, 0) is 26.0 Å². The molecule has 1 aromatic heterocycles. The molecule has 2 aromatic rings. The molecule has 0 fully saturated rings. The van der Waals surface area contributed by atoms with E-state index in [-0.39, 0.29) is 25.9 Å². The highest BCUT2D eigenvalue weighted by atomic mass is 16.5. The van der Waals surface area contributed by atoms with Crippen LogP contribution in [-0.4, -0.2) is 52.2 Å². The quantitative estimate of drug-likeness (QED) is 0.467. The maximum Gasteiger partial charge on any atom is 0.146 e. The molecule has 0 saturated carbocycles. The van der Waals surface area contributed by atoms with Crippen LogP contribution in [0.1, 0.15) is 23.7 Å². The van der Waals surface area contributed by atoms with Gasteiger partial charge in [0.1, 0.15) is 30.8 Å². The standard InChI is InChI=1S/C20H28N2O5/c1-14(12-26-18-6-4-3-5-7-18)21-9-17(25)13-27-20-15(2)22-8-16(10-23)19(20)11-24/h3-8,14,17,21,23-25H,9-13H2,1-2H3. The molecule has 27 heavy (non-hydrogen) atoms. The molecule has 148 valence electrons. The number of aromatic nitrogens is 1. The number of rotatable bonds is 11. The van der Waals surface area contributed by atoms with E-state index in [1.807, 2.05) is 37.3 Å². The Hall–Kier alpha value is -2.19. The smallest absolute Gasteiger partial charge is 0.146 e. The Morgan fingerprint density at radius 1 is 1.07 bits per heavy atom. The molecule has 0 aliphatic heterocycles. The number of nitrogens with one attached hydrogen (secondary N) is 1. The minimum Gasteiger partial charge on any atom is -0.492 e. The van der Waals surface area contributed by atoms with E-state index in [0.29, 0.717) is 35.7 Å². The average Bonchev–Trinajstić information content (AvgIpc) is 2.70. The zero-order valence-electron chi connectivity index (χ0n) is 15.8. The van der Waals surface area contributed by atoms with Crippen LogP contribution in [0.4, 0.5) is 0 Å². The summed E-state index contributed by atoms with van der Waals surface area (Å²) in [7, 11) is 0. The number of nitrogens with zero attached hydrogens (tertiary/aromatic N) is 1. The van der Waals surface area contributed by atoms with Crippen molar-refractivity contribution in [3.8, 4) is 11.5 Å². The molecule has 7 heteroatoms. The molecule has 4 N–H and O–H groups in total. The summed E-state index contributed by atoms with van der Waals surface area (Å²) in [4.78, 5) is 4.15. The van der Waals surface area contributed by atoms with Crippen molar-refractivity contribution in [2.45, 2.75) is 39.2 Å². The number of para-hydroxylation sites is 1. The summed E-state index contributed by atoms with van der Waals surface area (Å²) >= 11 is 0. The van der Waals surface area contributed by atoms with Crippen LogP contribution in [0.15, 0.2) is 36.5 Å². The molecule has 0 saturated heterocycles. The van der Waals surface area contributed by atoms with Gasteiger partial charge in [-0.25, -0.2) is 0 Å². The van der Waals surface area contributed by atoms with Crippen LogP contribution < -0.4 is 14.8 Å². The fraction of sp³-hybridized carbons (Fsp3) is 0.450. The fourth-order valence-electron chi connectivity index (χ4n) is 2.55. The van der Waals surface area contributed by atoms with Gasteiger partial charge in [-0.2, -0.15) is 0 Å². The van der Waals surface area contributed by atoms with E-state index in [4.69, 9.17) is 9.47 Å². The Bertz CT molecular complexity index is 696. The number of aliphatic hydroxyl groups excluding tert-OH is 3. The van der Waals surface area contributed by atoms with E-state index < -0.39 is 6.10 Å². The second-order valence-corrected chi connectivity index (χ2v) is 6.39. The predicted octanol–water partition coefficient (Wildman–Crippen LogP) is 1.17. The first-order valence-corrected chi connectivity index (χ1v) is 8.96.